The molecule has 1 heterocycles. The van der Waals surface area contributed by atoms with Crippen LogP contribution in [0.3, 0.4) is 0 Å². The second-order valence-electron chi connectivity index (χ2n) is 4.74. The number of carbonyl (C=O) groups is 1. The molecule has 0 saturated carbocycles. The van der Waals surface area contributed by atoms with Gasteiger partial charge in [0.05, 0.1) is 12.0 Å². The molecule has 2 unspecified atom stereocenters. The molecule has 1 aromatic rings. The number of hydrogen-bond donors (Lipinski definition) is 3. The lowest BCUT2D eigenvalue weighted by molar-refractivity contribution is -0.124. The van der Waals surface area contributed by atoms with Gasteiger partial charge in [-0.2, -0.15) is 0 Å². The summed E-state index contributed by atoms with van der Waals surface area (Å²) < 4.78 is 0. The van der Waals surface area contributed by atoms with Crippen LogP contribution in [0.2, 0.25) is 0 Å². The van der Waals surface area contributed by atoms with E-state index < -0.39 is 5.92 Å². The van der Waals surface area contributed by atoms with E-state index in [9.17, 15) is 4.79 Å². The average molecular weight is 281 g/mol. The van der Waals surface area contributed by atoms with Crippen LogP contribution in [0, 0.1) is 5.92 Å². The molecule has 19 heavy (non-hydrogen) atoms. The third-order valence-corrected chi connectivity index (χ3v) is 4.56. The van der Waals surface area contributed by atoms with Gasteiger partial charge in [-0.15, -0.1) is 11.3 Å². The van der Waals surface area contributed by atoms with Gasteiger partial charge in [0, 0.05) is 4.88 Å². The molecular weight excluding hydrogens is 262 g/mol. The summed E-state index contributed by atoms with van der Waals surface area (Å²) in [6, 6.07) is 2.14. The predicted molar refractivity (Wildman–Crippen MR) is 75.3 cm³/mol. The van der Waals surface area contributed by atoms with E-state index in [0.717, 1.165) is 19.3 Å². The van der Waals surface area contributed by atoms with Crippen molar-refractivity contribution in [2.24, 2.45) is 16.8 Å². The zero-order valence-electron chi connectivity index (χ0n) is 10.9. The van der Waals surface area contributed by atoms with Gasteiger partial charge in [-0.1, -0.05) is 12.1 Å². The van der Waals surface area contributed by atoms with Crippen molar-refractivity contribution < 1.29 is 10.0 Å². The van der Waals surface area contributed by atoms with Gasteiger partial charge in [0.25, 0.3) is 0 Å². The molecule has 0 spiro atoms. The van der Waals surface area contributed by atoms with Crippen molar-refractivity contribution >= 4 is 23.1 Å². The van der Waals surface area contributed by atoms with Gasteiger partial charge in [0.15, 0.2) is 5.84 Å². The first-order chi connectivity index (χ1) is 9.17. The van der Waals surface area contributed by atoms with E-state index in [2.05, 4.69) is 21.9 Å². The van der Waals surface area contributed by atoms with Gasteiger partial charge in [0.2, 0.25) is 5.91 Å². The van der Waals surface area contributed by atoms with Crippen LogP contribution < -0.4 is 11.1 Å². The number of amides is 1. The highest BCUT2D eigenvalue weighted by molar-refractivity contribution is 7.10. The Labute approximate surface area is 116 Å². The SMILES string of the molecule is CCC(C(=O)NC1CCCc2sccc21)C(N)=NO. The standard InChI is InChI=1S/C13H19N3O2S/c1-2-8(12(14)16-18)13(17)15-10-4-3-5-11-9(10)6-7-19-11/h6-8,10,18H,2-5H2,1H3,(H2,14,16)(H,15,17). The van der Waals surface area contributed by atoms with Crippen molar-refractivity contribution in [3.05, 3.63) is 21.9 Å². The van der Waals surface area contributed by atoms with Crippen LogP contribution in [0.5, 0.6) is 0 Å². The minimum Gasteiger partial charge on any atom is -0.409 e. The van der Waals surface area contributed by atoms with Gasteiger partial charge in [-0.3, -0.25) is 4.79 Å². The van der Waals surface area contributed by atoms with Crippen LogP contribution in [-0.4, -0.2) is 17.0 Å². The van der Waals surface area contributed by atoms with E-state index in [1.54, 1.807) is 11.3 Å². The molecule has 2 atom stereocenters. The third kappa shape index (κ3) is 2.89. The summed E-state index contributed by atoms with van der Waals surface area (Å²) in [6.07, 6.45) is 3.64. The smallest absolute Gasteiger partial charge is 0.231 e. The molecular formula is C13H19N3O2S. The number of thiophene rings is 1. The Bertz CT molecular complexity index is 484. The topological polar surface area (TPSA) is 87.7 Å². The quantitative estimate of drug-likeness (QED) is 0.341. The highest BCUT2D eigenvalue weighted by atomic mass is 32.1. The summed E-state index contributed by atoms with van der Waals surface area (Å²) >= 11 is 1.74. The Morgan fingerprint density at radius 3 is 3.21 bits per heavy atom. The largest absolute Gasteiger partial charge is 0.409 e. The fraction of sp³-hybridized carbons (Fsp3) is 0.538. The zero-order valence-corrected chi connectivity index (χ0v) is 11.7. The molecule has 0 bridgehead atoms. The summed E-state index contributed by atoms with van der Waals surface area (Å²) in [4.78, 5) is 13.5. The number of fused-ring (bicyclic) bond motifs is 1. The maximum Gasteiger partial charge on any atom is 0.231 e. The normalized spacial score (nSPS) is 20.7. The molecule has 1 amide bonds. The molecule has 1 aliphatic rings. The lowest BCUT2D eigenvalue weighted by Gasteiger charge is -2.25. The molecule has 0 fully saturated rings. The Hall–Kier alpha value is -1.56. The van der Waals surface area contributed by atoms with Gasteiger partial charge in [-0.05, 0) is 42.7 Å². The number of hydrogen-bond acceptors (Lipinski definition) is 4. The molecule has 0 radical (unpaired) electrons. The molecule has 1 aliphatic carbocycles. The first kappa shape index (κ1) is 13.9. The highest BCUT2D eigenvalue weighted by Gasteiger charge is 2.27. The lowest BCUT2D eigenvalue weighted by atomic mass is 9.93. The molecule has 1 aromatic heterocycles. The van der Waals surface area contributed by atoms with Gasteiger partial charge < -0.3 is 16.3 Å². The highest BCUT2D eigenvalue weighted by Crippen LogP contribution is 2.33. The number of nitrogens with two attached hydrogens (primary N) is 1. The summed E-state index contributed by atoms with van der Waals surface area (Å²) in [5.41, 5.74) is 6.77. The summed E-state index contributed by atoms with van der Waals surface area (Å²) in [6.45, 7) is 1.85. The molecule has 0 aromatic carbocycles. The number of carbonyl (C=O) groups excluding carboxylic acids is 1. The first-order valence-corrected chi connectivity index (χ1v) is 7.39. The van der Waals surface area contributed by atoms with E-state index in [-0.39, 0.29) is 17.8 Å². The van der Waals surface area contributed by atoms with E-state index in [1.165, 1.54) is 10.4 Å². The number of nitrogens with one attached hydrogen (secondary N) is 1. The van der Waals surface area contributed by atoms with E-state index in [0.29, 0.717) is 6.42 Å². The van der Waals surface area contributed by atoms with Crippen LogP contribution in [0.15, 0.2) is 16.6 Å². The molecule has 6 heteroatoms. The van der Waals surface area contributed by atoms with Crippen LogP contribution in [0.1, 0.15) is 42.7 Å². The summed E-state index contributed by atoms with van der Waals surface area (Å²) in [7, 11) is 0. The van der Waals surface area contributed by atoms with Crippen LogP contribution >= 0.6 is 11.3 Å². The van der Waals surface area contributed by atoms with E-state index in [1.807, 2.05) is 6.92 Å². The summed E-state index contributed by atoms with van der Waals surface area (Å²) in [5.74, 6) is -0.753. The maximum atomic E-state index is 12.2. The molecule has 0 aliphatic heterocycles. The second-order valence-corrected chi connectivity index (χ2v) is 5.74. The minimum absolute atomic E-state index is 0.0265. The Morgan fingerprint density at radius 2 is 2.53 bits per heavy atom. The lowest BCUT2D eigenvalue weighted by Crippen LogP contribution is -2.40. The van der Waals surface area contributed by atoms with Crippen LogP contribution in [0.25, 0.3) is 0 Å². The third-order valence-electron chi connectivity index (χ3n) is 3.57. The summed E-state index contributed by atoms with van der Waals surface area (Å²) in [5, 5.41) is 16.7. The number of nitrogens with zero attached hydrogens (tertiary/aromatic N) is 1. The van der Waals surface area contributed by atoms with Crippen molar-refractivity contribution in [3.63, 3.8) is 0 Å². The molecule has 2 rings (SSSR count). The van der Waals surface area contributed by atoms with Gasteiger partial charge in [0.1, 0.15) is 0 Å². The van der Waals surface area contributed by atoms with Gasteiger partial charge >= 0.3 is 0 Å². The van der Waals surface area contributed by atoms with E-state index >= 15 is 0 Å². The van der Waals surface area contributed by atoms with Gasteiger partial charge in [-0.25, -0.2) is 0 Å². The monoisotopic (exact) mass is 281 g/mol. The van der Waals surface area contributed by atoms with E-state index in [4.69, 9.17) is 10.9 Å². The number of rotatable bonds is 4. The van der Waals surface area contributed by atoms with Crippen molar-refractivity contribution in [3.8, 4) is 0 Å². The average Bonchev–Trinajstić information content (AvgIpc) is 2.88. The Balaban J connectivity index is 2.08. The molecule has 104 valence electrons. The van der Waals surface area contributed by atoms with Crippen molar-refractivity contribution in [2.45, 2.75) is 38.6 Å². The first-order valence-electron chi connectivity index (χ1n) is 6.51. The number of amidine groups is 1. The maximum absolute atomic E-state index is 12.2. The van der Waals surface area contributed by atoms with Crippen LogP contribution in [-0.2, 0) is 11.2 Å². The number of aryl methyl sites for hydroxylation is 1. The molecule has 5 nitrogen and oxygen atoms in total. The Kier molecular flexibility index (Phi) is 4.42. The second kappa shape index (κ2) is 6.06. The zero-order chi connectivity index (χ0) is 13.8. The predicted octanol–water partition coefficient (Wildman–Crippen LogP) is 2.01. The molecule has 4 N–H and O–H groups in total. The number of oxime groups is 1. The molecule has 0 saturated heterocycles. The fourth-order valence-corrected chi connectivity index (χ4v) is 3.49. The minimum atomic E-state index is -0.561. The van der Waals surface area contributed by atoms with Crippen molar-refractivity contribution in [1.82, 2.24) is 5.32 Å². The fourth-order valence-electron chi connectivity index (χ4n) is 2.51. The van der Waals surface area contributed by atoms with Crippen molar-refractivity contribution in [2.75, 3.05) is 0 Å². The van der Waals surface area contributed by atoms with Crippen molar-refractivity contribution in [1.29, 1.82) is 0 Å². The Morgan fingerprint density at radius 1 is 1.74 bits per heavy atom. The van der Waals surface area contributed by atoms with Crippen LogP contribution in [0.4, 0.5) is 0 Å².